The van der Waals surface area contributed by atoms with Crippen molar-refractivity contribution in [3.8, 4) is 11.3 Å². The van der Waals surface area contributed by atoms with Gasteiger partial charge in [-0.1, -0.05) is 12.1 Å². The molecule has 1 N–H and O–H groups in total. The first-order chi connectivity index (χ1) is 12.9. The molecule has 7 heteroatoms. The zero-order valence-corrected chi connectivity index (χ0v) is 14.3. The minimum atomic E-state index is -4.45. The molecular weight excluding hydrogens is 357 g/mol. The molecule has 0 bridgehead atoms. The molecule has 27 heavy (non-hydrogen) atoms. The SMILES string of the molecule is O=c1cc(-c2cccc(C(F)(F)F)c2)oc2ccc(N3CCNCC3)cc12. The second-order valence-corrected chi connectivity index (χ2v) is 6.47. The van der Waals surface area contributed by atoms with Gasteiger partial charge in [0, 0.05) is 43.5 Å². The van der Waals surface area contributed by atoms with Gasteiger partial charge in [0.25, 0.3) is 0 Å². The van der Waals surface area contributed by atoms with Crippen LogP contribution in [-0.4, -0.2) is 26.2 Å². The molecule has 4 nitrogen and oxygen atoms in total. The van der Waals surface area contributed by atoms with Crippen molar-refractivity contribution in [2.24, 2.45) is 0 Å². The molecule has 2 heterocycles. The molecule has 0 unspecified atom stereocenters. The molecule has 0 aliphatic carbocycles. The van der Waals surface area contributed by atoms with Crippen LogP contribution >= 0.6 is 0 Å². The summed E-state index contributed by atoms with van der Waals surface area (Å²) in [5, 5.41) is 3.69. The summed E-state index contributed by atoms with van der Waals surface area (Å²) >= 11 is 0. The maximum atomic E-state index is 12.9. The number of rotatable bonds is 2. The quantitative estimate of drug-likeness (QED) is 0.739. The predicted molar refractivity (Wildman–Crippen MR) is 98.0 cm³/mol. The highest BCUT2D eigenvalue weighted by atomic mass is 19.4. The van der Waals surface area contributed by atoms with Crippen LogP contribution in [0.4, 0.5) is 18.9 Å². The number of benzene rings is 2. The Bertz CT molecular complexity index is 1040. The van der Waals surface area contributed by atoms with Crippen LogP contribution in [0.2, 0.25) is 0 Å². The van der Waals surface area contributed by atoms with E-state index in [0.29, 0.717) is 11.0 Å². The molecule has 0 atom stereocenters. The Labute approximate surface area is 153 Å². The van der Waals surface area contributed by atoms with Gasteiger partial charge in [0.2, 0.25) is 0 Å². The molecule has 140 valence electrons. The zero-order chi connectivity index (χ0) is 19.0. The molecule has 1 aliphatic rings. The zero-order valence-electron chi connectivity index (χ0n) is 14.3. The average Bonchev–Trinajstić information content (AvgIpc) is 2.68. The fraction of sp³-hybridized carbons (Fsp3) is 0.250. The van der Waals surface area contributed by atoms with Crippen molar-refractivity contribution in [1.29, 1.82) is 0 Å². The average molecular weight is 374 g/mol. The lowest BCUT2D eigenvalue weighted by atomic mass is 10.1. The number of hydrogen-bond donors (Lipinski definition) is 1. The summed E-state index contributed by atoms with van der Waals surface area (Å²) in [6.07, 6.45) is -4.45. The number of nitrogens with zero attached hydrogens (tertiary/aromatic N) is 1. The summed E-state index contributed by atoms with van der Waals surface area (Å²) in [6.45, 7) is 3.45. The van der Waals surface area contributed by atoms with Crippen molar-refractivity contribution < 1.29 is 17.6 Å². The van der Waals surface area contributed by atoms with Crippen molar-refractivity contribution in [3.63, 3.8) is 0 Å². The molecule has 0 saturated carbocycles. The van der Waals surface area contributed by atoms with E-state index in [1.807, 2.05) is 6.07 Å². The van der Waals surface area contributed by atoms with Crippen LogP contribution in [0.3, 0.4) is 0 Å². The van der Waals surface area contributed by atoms with Crippen LogP contribution in [0.15, 0.2) is 57.7 Å². The van der Waals surface area contributed by atoms with Crippen LogP contribution < -0.4 is 15.6 Å². The Morgan fingerprint density at radius 3 is 2.52 bits per heavy atom. The molecule has 0 amide bonds. The van der Waals surface area contributed by atoms with E-state index < -0.39 is 11.7 Å². The third kappa shape index (κ3) is 3.55. The fourth-order valence-corrected chi connectivity index (χ4v) is 3.26. The van der Waals surface area contributed by atoms with Crippen molar-refractivity contribution in [1.82, 2.24) is 5.32 Å². The molecule has 3 aromatic rings. The molecule has 0 radical (unpaired) electrons. The van der Waals surface area contributed by atoms with E-state index >= 15 is 0 Å². The summed E-state index contributed by atoms with van der Waals surface area (Å²) < 4.78 is 44.5. The molecule has 1 fully saturated rings. The lowest BCUT2D eigenvalue weighted by Gasteiger charge is -2.29. The van der Waals surface area contributed by atoms with E-state index in [1.54, 1.807) is 12.1 Å². The molecule has 4 rings (SSSR count). The van der Waals surface area contributed by atoms with Crippen molar-refractivity contribution >= 4 is 16.7 Å². The van der Waals surface area contributed by atoms with E-state index in [2.05, 4.69) is 10.2 Å². The highest BCUT2D eigenvalue weighted by Gasteiger charge is 2.30. The van der Waals surface area contributed by atoms with E-state index in [4.69, 9.17) is 4.42 Å². The molecule has 0 spiro atoms. The first kappa shape index (κ1) is 17.6. The lowest BCUT2D eigenvalue weighted by Crippen LogP contribution is -2.43. The number of anilines is 1. The van der Waals surface area contributed by atoms with Gasteiger partial charge in [0.1, 0.15) is 11.3 Å². The number of fused-ring (bicyclic) bond motifs is 1. The third-order valence-corrected chi connectivity index (χ3v) is 4.67. The first-order valence-electron chi connectivity index (χ1n) is 8.63. The monoisotopic (exact) mass is 374 g/mol. The third-order valence-electron chi connectivity index (χ3n) is 4.67. The molecule has 1 aliphatic heterocycles. The van der Waals surface area contributed by atoms with Gasteiger partial charge in [-0.15, -0.1) is 0 Å². The minimum absolute atomic E-state index is 0.119. The van der Waals surface area contributed by atoms with Crippen molar-refractivity contribution in [3.05, 3.63) is 64.3 Å². The van der Waals surface area contributed by atoms with Gasteiger partial charge in [-0.05, 0) is 30.3 Å². The number of hydrogen-bond acceptors (Lipinski definition) is 4. The topological polar surface area (TPSA) is 45.5 Å². The minimum Gasteiger partial charge on any atom is -0.456 e. The standard InChI is InChI=1S/C20H17F3N2O2/c21-20(22,23)14-3-1-2-13(10-14)19-12-17(26)16-11-15(4-5-18(16)27-19)25-8-6-24-7-9-25/h1-5,10-12,24H,6-9H2. The maximum Gasteiger partial charge on any atom is 0.416 e. The van der Waals surface area contributed by atoms with Gasteiger partial charge < -0.3 is 14.6 Å². The first-order valence-corrected chi connectivity index (χ1v) is 8.63. The van der Waals surface area contributed by atoms with Gasteiger partial charge in [0.15, 0.2) is 5.43 Å². The number of halogens is 3. The van der Waals surface area contributed by atoms with Crippen LogP contribution in [-0.2, 0) is 6.18 Å². The van der Waals surface area contributed by atoms with Crippen molar-refractivity contribution in [2.45, 2.75) is 6.18 Å². The largest absolute Gasteiger partial charge is 0.456 e. The number of nitrogens with one attached hydrogen (secondary N) is 1. The maximum absolute atomic E-state index is 12.9. The van der Waals surface area contributed by atoms with Gasteiger partial charge in [-0.25, -0.2) is 0 Å². The van der Waals surface area contributed by atoms with Gasteiger partial charge >= 0.3 is 6.18 Å². The van der Waals surface area contributed by atoms with Crippen LogP contribution in [0.1, 0.15) is 5.56 Å². The highest BCUT2D eigenvalue weighted by molar-refractivity contribution is 5.82. The number of piperazine rings is 1. The van der Waals surface area contributed by atoms with Gasteiger partial charge in [0.05, 0.1) is 10.9 Å². The van der Waals surface area contributed by atoms with Crippen LogP contribution in [0.25, 0.3) is 22.3 Å². The molecular formula is C20H17F3N2O2. The van der Waals surface area contributed by atoms with Gasteiger partial charge in [-0.3, -0.25) is 4.79 Å². The van der Waals surface area contributed by atoms with Crippen LogP contribution in [0, 0.1) is 0 Å². The van der Waals surface area contributed by atoms with Crippen molar-refractivity contribution in [2.75, 3.05) is 31.1 Å². The Kier molecular flexibility index (Phi) is 4.39. The van der Waals surface area contributed by atoms with Crippen LogP contribution in [0.5, 0.6) is 0 Å². The Morgan fingerprint density at radius 1 is 1.00 bits per heavy atom. The molecule has 1 saturated heterocycles. The molecule has 2 aromatic carbocycles. The fourth-order valence-electron chi connectivity index (χ4n) is 3.26. The highest BCUT2D eigenvalue weighted by Crippen LogP contribution is 2.32. The Hall–Kier alpha value is -2.80. The normalized spacial score (nSPS) is 15.3. The second-order valence-electron chi connectivity index (χ2n) is 6.47. The van der Waals surface area contributed by atoms with E-state index in [1.165, 1.54) is 18.2 Å². The Morgan fingerprint density at radius 2 is 1.78 bits per heavy atom. The summed E-state index contributed by atoms with van der Waals surface area (Å²) in [5.74, 6) is 0.119. The summed E-state index contributed by atoms with van der Waals surface area (Å²) in [6, 6.07) is 11.4. The smallest absolute Gasteiger partial charge is 0.416 e. The number of alkyl halides is 3. The summed E-state index contributed by atoms with van der Waals surface area (Å²) in [4.78, 5) is 14.8. The molecule has 1 aromatic heterocycles. The van der Waals surface area contributed by atoms with Gasteiger partial charge in [-0.2, -0.15) is 13.2 Å². The van der Waals surface area contributed by atoms with E-state index in [-0.39, 0.29) is 16.8 Å². The van der Waals surface area contributed by atoms with E-state index in [0.717, 1.165) is 44.0 Å². The predicted octanol–water partition coefficient (Wildman–Crippen LogP) is 3.89. The summed E-state index contributed by atoms with van der Waals surface area (Å²) in [5.41, 5.74) is 0.448. The lowest BCUT2D eigenvalue weighted by molar-refractivity contribution is -0.137. The Balaban J connectivity index is 1.75. The second kappa shape index (κ2) is 6.74. The van der Waals surface area contributed by atoms with E-state index in [9.17, 15) is 18.0 Å². The summed E-state index contributed by atoms with van der Waals surface area (Å²) in [7, 11) is 0.